The van der Waals surface area contributed by atoms with E-state index < -0.39 is 0 Å². The zero-order valence-electron chi connectivity index (χ0n) is 52.6. The standard InChI is InChI=1S/3C7H10O2.2C7H12O2.2C6H8O2.2C6H10O2.C4H6O2/c1-4-3-6(8)7(9)5(4)2;1-4-3-5(2)7(9)6(4)8;1-5-3-2-4-6(8)7(5)9;1-5(2)4-7(9)6(3)8;1-3-4-5-7(9)6(2)8;1-4-2-3-5(7)6(4)8;7-5-3-1-2-4-6(5)8;1-3-4-6(8)5(2)7;1-3-5(7)6(8)4-2;1-3(5)4(2)6/h2*4-5H,3H2,1-2H3;5H,2-4H2,1H3;5H,4H2,1-3H3;3-5H2,1-2H3;4H,2-3H2,1H3;1-4H2;2*3-4H2,1-2H3;1-2H3. The second-order valence-electron chi connectivity index (χ2n) is 21.4. The minimum absolute atomic E-state index is 0.00231. The second-order valence-corrected chi connectivity index (χ2v) is 21.4. The van der Waals surface area contributed by atoms with Gasteiger partial charge in [0.05, 0.1) is 0 Å². The Labute approximate surface area is 491 Å². The number of unbranched alkanes of at least 4 members (excludes halogenated alkanes) is 1. The zero-order valence-corrected chi connectivity index (χ0v) is 52.6. The maximum Gasteiger partial charge on any atom is 0.201 e. The number of ketones is 20. The van der Waals surface area contributed by atoms with E-state index in [0.717, 1.165) is 57.8 Å². The zero-order chi connectivity index (χ0) is 66.0. The summed E-state index contributed by atoms with van der Waals surface area (Å²) < 4.78 is 0. The molecule has 0 spiro atoms. The van der Waals surface area contributed by atoms with Gasteiger partial charge in [-0.05, 0) is 63.2 Å². The lowest BCUT2D eigenvalue weighted by atomic mass is 9.89. The van der Waals surface area contributed by atoms with Crippen molar-refractivity contribution in [1.29, 1.82) is 0 Å². The van der Waals surface area contributed by atoms with Gasteiger partial charge >= 0.3 is 0 Å². The molecule has 468 valence electrons. The van der Waals surface area contributed by atoms with Crippen molar-refractivity contribution in [2.24, 2.45) is 41.4 Å². The van der Waals surface area contributed by atoms with Crippen LogP contribution in [0.15, 0.2) is 0 Å². The molecular weight excluding hydrogens is 1080 g/mol. The van der Waals surface area contributed by atoms with E-state index in [1.807, 2.05) is 62.3 Å². The largest absolute Gasteiger partial charge is 0.291 e. The topological polar surface area (TPSA) is 341 Å². The monoisotopic (exact) mass is 1170 g/mol. The molecule has 0 aromatic rings. The van der Waals surface area contributed by atoms with Crippen molar-refractivity contribution >= 4 is 116 Å². The van der Waals surface area contributed by atoms with Crippen LogP contribution in [-0.2, 0) is 95.9 Å². The molecule has 0 aromatic heterocycles. The molecule has 5 rings (SSSR count). The molecule has 0 amide bonds. The highest BCUT2D eigenvalue weighted by Crippen LogP contribution is 2.25. The van der Waals surface area contributed by atoms with Gasteiger partial charge in [0.25, 0.3) is 0 Å². The number of rotatable bonds is 14. The molecule has 20 nitrogen and oxygen atoms in total. The Morgan fingerprint density at radius 3 is 0.940 bits per heavy atom. The lowest BCUT2D eigenvalue weighted by Crippen LogP contribution is -2.25. The number of carbonyl (C=O) groups excluding carboxylic acids is 20. The fraction of sp³-hybridized carbons (Fsp3) is 0.683. The summed E-state index contributed by atoms with van der Waals surface area (Å²) in [5.74, 6) is -4.27. The van der Waals surface area contributed by atoms with Crippen LogP contribution >= 0.6 is 0 Å². The van der Waals surface area contributed by atoms with Crippen LogP contribution in [0, 0.1) is 41.4 Å². The molecule has 0 radical (unpaired) electrons. The molecule has 5 aliphatic rings. The number of Topliss-reactive ketones (excluding diaryl/α,β-unsaturated/α-hetero) is 20. The van der Waals surface area contributed by atoms with Gasteiger partial charge in [0.2, 0.25) is 28.9 Å². The Hall–Kier alpha value is -6.60. The van der Waals surface area contributed by atoms with Crippen molar-refractivity contribution in [3.05, 3.63) is 0 Å². The molecule has 0 heterocycles. The molecule has 0 bridgehead atoms. The lowest BCUT2D eigenvalue weighted by Gasteiger charge is -2.13. The Kier molecular flexibility index (Phi) is 49.1. The molecule has 0 aliphatic heterocycles. The Morgan fingerprint density at radius 2 is 0.759 bits per heavy atom. The summed E-state index contributed by atoms with van der Waals surface area (Å²) in [6.07, 6.45) is 11.9. The molecule has 5 saturated carbocycles. The predicted molar refractivity (Wildman–Crippen MR) is 309 cm³/mol. The van der Waals surface area contributed by atoms with E-state index in [1.165, 1.54) is 34.6 Å². The van der Waals surface area contributed by atoms with Crippen molar-refractivity contribution in [2.45, 2.75) is 240 Å². The first kappa shape index (κ1) is 85.2. The van der Waals surface area contributed by atoms with E-state index in [9.17, 15) is 95.9 Å². The highest BCUT2D eigenvalue weighted by atomic mass is 16.2. The third-order valence-corrected chi connectivity index (χ3v) is 13.0. The smallest absolute Gasteiger partial charge is 0.201 e. The molecule has 0 saturated heterocycles. The van der Waals surface area contributed by atoms with Crippen LogP contribution < -0.4 is 0 Å². The molecule has 5 fully saturated rings. The molecule has 6 atom stereocenters. The van der Waals surface area contributed by atoms with Crippen LogP contribution in [0.4, 0.5) is 0 Å². The van der Waals surface area contributed by atoms with Crippen molar-refractivity contribution in [3.8, 4) is 0 Å². The SMILES string of the molecule is CC(=O)C(=O)CC(C)C.CC(=O)C(C)=O.CC1CC(=O)C(=O)C1C.CC1CC(C)C(=O)C1=O.CC1CCC(=O)C1=O.CC1CCCC(=O)C1=O.CCC(=O)C(=O)CC.CCCC(=O)C(C)=O.CCCCC(=O)C(C)=O.O=C1CCCCC1=O. The first-order valence-electron chi connectivity index (χ1n) is 28.8. The summed E-state index contributed by atoms with van der Waals surface area (Å²) in [5.41, 5.74) is 0. The number of hydrogen-bond donors (Lipinski definition) is 0. The van der Waals surface area contributed by atoms with Gasteiger partial charge in [0, 0.05) is 128 Å². The van der Waals surface area contributed by atoms with Gasteiger partial charge < -0.3 is 0 Å². The summed E-state index contributed by atoms with van der Waals surface area (Å²) in [7, 11) is 0. The van der Waals surface area contributed by atoms with E-state index in [-0.39, 0.29) is 151 Å². The summed E-state index contributed by atoms with van der Waals surface area (Å²) in [6, 6.07) is 0. The van der Waals surface area contributed by atoms with E-state index in [2.05, 4.69) is 0 Å². The molecule has 83 heavy (non-hydrogen) atoms. The fourth-order valence-corrected chi connectivity index (χ4v) is 6.96. The average Bonchev–Trinajstić information content (AvgIpc) is 3.94. The second kappa shape index (κ2) is 47.8. The van der Waals surface area contributed by atoms with Crippen molar-refractivity contribution < 1.29 is 95.9 Å². The predicted octanol–water partition coefficient (Wildman–Crippen LogP) is 8.38. The summed E-state index contributed by atoms with van der Waals surface area (Å²) in [4.78, 5) is 209. The third kappa shape index (κ3) is 42.0. The van der Waals surface area contributed by atoms with E-state index in [1.54, 1.807) is 20.8 Å². The quantitative estimate of drug-likeness (QED) is 0.147. The van der Waals surface area contributed by atoms with Crippen LogP contribution in [0.2, 0.25) is 0 Å². The molecule has 5 aliphatic carbocycles. The highest BCUT2D eigenvalue weighted by Gasteiger charge is 2.36. The van der Waals surface area contributed by atoms with Gasteiger partial charge in [0.15, 0.2) is 86.7 Å². The van der Waals surface area contributed by atoms with E-state index in [4.69, 9.17) is 0 Å². The normalized spacial score (nSPS) is 20.1. The maximum absolute atomic E-state index is 10.8. The molecule has 0 aromatic carbocycles. The van der Waals surface area contributed by atoms with Crippen LogP contribution in [-0.4, -0.2) is 116 Å². The van der Waals surface area contributed by atoms with Crippen molar-refractivity contribution in [2.75, 3.05) is 0 Å². The van der Waals surface area contributed by atoms with E-state index >= 15 is 0 Å². The highest BCUT2D eigenvalue weighted by molar-refractivity contribution is 6.42. The fourth-order valence-electron chi connectivity index (χ4n) is 6.96. The first-order chi connectivity index (χ1) is 38.2. The van der Waals surface area contributed by atoms with Gasteiger partial charge in [-0.25, -0.2) is 0 Å². The van der Waals surface area contributed by atoms with Crippen molar-refractivity contribution in [3.63, 3.8) is 0 Å². The third-order valence-electron chi connectivity index (χ3n) is 13.0. The van der Waals surface area contributed by atoms with Gasteiger partial charge in [-0.15, -0.1) is 0 Å². The molecular formula is C63H96O20. The van der Waals surface area contributed by atoms with Crippen molar-refractivity contribution in [1.82, 2.24) is 0 Å². The first-order valence-corrected chi connectivity index (χ1v) is 28.8. The van der Waals surface area contributed by atoms with Gasteiger partial charge in [-0.2, -0.15) is 0 Å². The summed E-state index contributed by atoms with van der Waals surface area (Å²) in [5, 5.41) is 0. The number of carbonyl (C=O) groups is 20. The van der Waals surface area contributed by atoms with Crippen LogP contribution in [0.5, 0.6) is 0 Å². The van der Waals surface area contributed by atoms with Crippen LogP contribution in [0.3, 0.4) is 0 Å². The minimum atomic E-state index is -0.380. The lowest BCUT2D eigenvalue weighted by molar-refractivity contribution is -0.140. The minimum Gasteiger partial charge on any atom is -0.291 e. The molecule has 0 N–H and O–H groups in total. The van der Waals surface area contributed by atoms with Gasteiger partial charge in [-0.3, -0.25) is 95.9 Å². The molecule has 6 unspecified atom stereocenters. The van der Waals surface area contributed by atoms with Crippen LogP contribution in [0.25, 0.3) is 0 Å². The van der Waals surface area contributed by atoms with Crippen LogP contribution in [0.1, 0.15) is 240 Å². The maximum atomic E-state index is 10.8. The number of hydrogen-bond acceptors (Lipinski definition) is 20. The van der Waals surface area contributed by atoms with E-state index in [0.29, 0.717) is 70.1 Å². The summed E-state index contributed by atoms with van der Waals surface area (Å²) in [6.45, 7) is 28.5. The Balaban J connectivity index is -0.000000272. The average molecular weight is 1170 g/mol. The Bertz CT molecular complexity index is 2200. The van der Waals surface area contributed by atoms with Gasteiger partial charge in [0.1, 0.15) is 0 Å². The van der Waals surface area contributed by atoms with Gasteiger partial charge in [-0.1, -0.05) is 89.5 Å². The summed E-state index contributed by atoms with van der Waals surface area (Å²) >= 11 is 0. The Morgan fingerprint density at radius 1 is 0.386 bits per heavy atom. The molecule has 20 heteroatoms.